The van der Waals surface area contributed by atoms with Crippen LogP contribution in [0, 0.1) is 17.1 Å². The maximum absolute atomic E-state index is 14.1. The highest BCUT2D eigenvalue weighted by Crippen LogP contribution is 2.24. The molecule has 0 aliphatic heterocycles. The zero-order valence-electron chi connectivity index (χ0n) is 18.1. The molecule has 0 unspecified atom stereocenters. The first-order valence-corrected chi connectivity index (χ1v) is 10.7. The minimum atomic E-state index is -0.765. The van der Waals surface area contributed by atoms with Crippen LogP contribution in [0.4, 0.5) is 4.39 Å². The SMILES string of the molecule is N#Cc1ccc(C(=O)N/N=C\c2cn(Cc3cccc4ccccc34)c3ccccc23)c(F)c1. The fourth-order valence-corrected chi connectivity index (χ4v) is 4.11. The van der Waals surface area contributed by atoms with Gasteiger partial charge in [-0.2, -0.15) is 10.4 Å². The quantitative estimate of drug-likeness (QED) is 0.281. The Hall–Kier alpha value is -4.76. The summed E-state index contributed by atoms with van der Waals surface area (Å²) in [4.78, 5) is 12.3. The number of benzene rings is 4. The van der Waals surface area contributed by atoms with Crippen LogP contribution in [0.2, 0.25) is 0 Å². The standard InChI is InChI=1S/C28H19FN4O/c29-26-14-19(15-30)12-13-25(26)28(34)32-31-16-22-18-33(27-11-4-3-10-24(22)27)17-21-8-5-7-20-6-1-2-9-23(20)21/h1-14,16,18H,17H2,(H,32,34)/b31-16-. The lowest BCUT2D eigenvalue weighted by Gasteiger charge is -2.09. The summed E-state index contributed by atoms with van der Waals surface area (Å²) >= 11 is 0. The van der Waals surface area contributed by atoms with Gasteiger partial charge in [-0.1, -0.05) is 60.7 Å². The number of halogens is 1. The number of nitriles is 1. The Morgan fingerprint density at radius 1 is 1.00 bits per heavy atom. The zero-order chi connectivity index (χ0) is 23.5. The van der Waals surface area contributed by atoms with E-state index in [-0.39, 0.29) is 11.1 Å². The molecule has 0 bridgehead atoms. The summed E-state index contributed by atoms with van der Waals surface area (Å²) < 4.78 is 16.3. The molecule has 5 aromatic rings. The van der Waals surface area contributed by atoms with Crippen molar-refractivity contribution in [2.24, 2.45) is 5.10 Å². The van der Waals surface area contributed by atoms with E-state index in [1.807, 2.05) is 48.7 Å². The van der Waals surface area contributed by atoms with Crippen LogP contribution >= 0.6 is 0 Å². The molecule has 0 fully saturated rings. The van der Waals surface area contributed by atoms with E-state index >= 15 is 0 Å². The van der Waals surface area contributed by atoms with E-state index in [0.717, 1.165) is 22.5 Å². The Kier molecular flexibility index (Phi) is 5.59. The molecular formula is C28H19FN4O. The molecule has 1 amide bonds. The summed E-state index contributed by atoms with van der Waals surface area (Å²) in [5, 5.41) is 16.3. The molecular weight excluding hydrogens is 427 g/mol. The van der Waals surface area contributed by atoms with E-state index in [4.69, 9.17) is 5.26 Å². The first-order chi connectivity index (χ1) is 16.6. The molecule has 6 heteroatoms. The van der Waals surface area contributed by atoms with Gasteiger partial charge >= 0.3 is 0 Å². The topological polar surface area (TPSA) is 70.2 Å². The molecule has 4 aromatic carbocycles. The van der Waals surface area contributed by atoms with Crippen molar-refractivity contribution < 1.29 is 9.18 Å². The molecule has 1 heterocycles. The number of nitrogens with one attached hydrogen (secondary N) is 1. The second kappa shape index (κ2) is 9.00. The molecule has 164 valence electrons. The van der Waals surface area contributed by atoms with Crippen molar-refractivity contribution in [1.82, 2.24) is 9.99 Å². The smallest absolute Gasteiger partial charge is 0.274 e. The summed E-state index contributed by atoms with van der Waals surface area (Å²) in [7, 11) is 0. The third-order valence-corrected chi connectivity index (χ3v) is 5.75. The van der Waals surface area contributed by atoms with Crippen LogP contribution in [0.5, 0.6) is 0 Å². The van der Waals surface area contributed by atoms with Gasteiger partial charge in [-0.25, -0.2) is 9.82 Å². The Morgan fingerprint density at radius 2 is 1.76 bits per heavy atom. The number of hydrogen-bond acceptors (Lipinski definition) is 3. The van der Waals surface area contributed by atoms with Crippen molar-refractivity contribution >= 4 is 33.8 Å². The lowest BCUT2D eigenvalue weighted by atomic mass is 10.0. The molecule has 0 spiro atoms. The van der Waals surface area contributed by atoms with Gasteiger partial charge in [-0.3, -0.25) is 4.79 Å². The van der Waals surface area contributed by atoms with Crippen LogP contribution in [-0.4, -0.2) is 16.7 Å². The van der Waals surface area contributed by atoms with Crippen LogP contribution in [0.1, 0.15) is 27.0 Å². The summed E-state index contributed by atoms with van der Waals surface area (Å²) in [5.74, 6) is -1.45. The number of fused-ring (bicyclic) bond motifs is 2. The maximum atomic E-state index is 14.1. The fraction of sp³-hybridized carbons (Fsp3) is 0.0357. The average molecular weight is 446 g/mol. The van der Waals surface area contributed by atoms with Gasteiger partial charge in [0, 0.05) is 29.2 Å². The van der Waals surface area contributed by atoms with Crippen LogP contribution in [-0.2, 0) is 6.54 Å². The fourth-order valence-electron chi connectivity index (χ4n) is 4.11. The predicted octanol–water partition coefficient (Wildman–Crippen LogP) is 5.62. The number of para-hydroxylation sites is 1. The molecule has 34 heavy (non-hydrogen) atoms. The normalized spacial score (nSPS) is 11.2. The largest absolute Gasteiger partial charge is 0.342 e. The van der Waals surface area contributed by atoms with Gasteiger partial charge in [0.05, 0.1) is 23.4 Å². The Bertz CT molecular complexity index is 1610. The number of carbonyl (C=O) groups excluding carboxylic acids is 1. The minimum Gasteiger partial charge on any atom is -0.342 e. The molecule has 0 atom stereocenters. The molecule has 0 saturated carbocycles. The zero-order valence-corrected chi connectivity index (χ0v) is 18.1. The Morgan fingerprint density at radius 3 is 2.59 bits per heavy atom. The third kappa shape index (κ3) is 4.03. The maximum Gasteiger partial charge on any atom is 0.274 e. The van der Waals surface area contributed by atoms with Crippen molar-refractivity contribution in [3.05, 3.63) is 119 Å². The van der Waals surface area contributed by atoms with Crippen molar-refractivity contribution in [2.45, 2.75) is 6.54 Å². The summed E-state index contributed by atoms with van der Waals surface area (Å²) in [5.41, 5.74) is 5.42. The van der Waals surface area contributed by atoms with Gasteiger partial charge in [-0.15, -0.1) is 0 Å². The van der Waals surface area contributed by atoms with E-state index < -0.39 is 11.7 Å². The van der Waals surface area contributed by atoms with E-state index in [2.05, 4.69) is 45.4 Å². The van der Waals surface area contributed by atoms with Crippen molar-refractivity contribution in [1.29, 1.82) is 5.26 Å². The third-order valence-electron chi connectivity index (χ3n) is 5.75. The molecule has 0 aliphatic rings. The highest BCUT2D eigenvalue weighted by Gasteiger charge is 2.12. The lowest BCUT2D eigenvalue weighted by molar-refractivity contribution is 0.0951. The minimum absolute atomic E-state index is 0.150. The molecule has 5 nitrogen and oxygen atoms in total. The Labute approximate surface area is 195 Å². The highest BCUT2D eigenvalue weighted by molar-refractivity contribution is 6.01. The number of amides is 1. The van der Waals surface area contributed by atoms with E-state index in [9.17, 15) is 9.18 Å². The first-order valence-electron chi connectivity index (χ1n) is 10.7. The van der Waals surface area contributed by atoms with E-state index in [1.165, 1.54) is 28.5 Å². The van der Waals surface area contributed by atoms with Crippen LogP contribution in [0.3, 0.4) is 0 Å². The van der Waals surface area contributed by atoms with Gasteiger partial charge in [0.1, 0.15) is 5.82 Å². The molecule has 0 aliphatic carbocycles. The Balaban J connectivity index is 1.42. The second-order valence-electron chi connectivity index (χ2n) is 7.87. The van der Waals surface area contributed by atoms with Crippen molar-refractivity contribution in [3.8, 4) is 6.07 Å². The number of carbonyl (C=O) groups is 1. The van der Waals surface area contributed by atoms with E-state index in [1.54, 1.807) is 6.21 Å². The number of hydrazone groups is 1. The van der Waals surface area contributed by atoms with Gasteiger partial charge in [0.15, 0.2) is 0 Å². The van der Waals surface area contributed by atoms with Gasteiger partial charge in [-0.05, 0) is 40.6 Å². The average Bonchev–Trinajstić information content (AvgIpc) is 3.21. The van der Waals surface area contributed by atoms with Crippen molar-refractivity contribution in [3.63, 3.8) is 0 Å². The summed E-state index contributed by atoms with van der Waals surface area (Å²) in [6.45, 7) is 0.679. The van der Waals surface area contributed by atoms with Gasteiger partial charge in [0.25, 0.3) is 5.91 Å². The molecule has 1 aromatic heterocycles. The number of rotatable bonds is 5. The molecule has 1 N–H and O–H groups in total. The highest BCUT2D eigenvalue weighted by atomic mass is 19.1. The number of hydrogen-bond donors (Lipinski definition) is 1. The van der Waals surface area contributed by atoms with Crippen LogP contribution in [0.25, 0.3) is 21.7 Å². The van der Waals surface area contributed by atoms with Gasteiger partial charge < -0.3 is 4.57 Å². The first kappa shape index (κ1) is 21.1. The molecule has 0 saturated heterocycles. The summed E-state index contributed by atoms with van der Waals surface area (Å²) in [6.07, 6.45) is 3.55. The summed E-state index contributed by atoms with van der Waals surface area (Å²) in [6, 6.07) is 28.1. The lowest BCUT2D eigenvalue weighted by Crippen LogP contribution is -2.19. The molecule has 0 radical (unpaired) electrons. The van der Waals surface area contributed by atoms with Crippen LogP contribution in [0.15, 0.2) is 96.2 Å². The van der Waals surface area contributed by atoms with Gasteiger partial charge in [0.2, 0.25) is 0 Å². The monoisotopic (exact) mass is 446 g/mol. The predicted molar refractivity (Wildman–Crippen MR) is 131 cm³/mol. The molecule has 5 rings (SSSR count). The van der Waals surface area contributed by atoms with Crippen molar-refractivity contribution in [2.75, 3.05) is 0 Å². The second-order valence-corrected chi connectivity index (χ2v) is 7.87. The van der Waals surface area contributed by atoms with E-state index in [0.29, 0.717) is 6.54 Å². The number of aromatic nitrogens is 1. The number of nitrogens with zero attached hydrogens (tertiary/aromatic N) is 3. The van der Waals surface area contributed by atoms with Crippen LogP contribution < -0.4 is 5.43 Å².